The maximum absolute atomic E-state index is 16.8. The number of ether oxygens (including phenoxy) is 1. The summed E-state index contributed by atoms with van der Waals surface area (Å²) in [5.74, 6) is -3.72. The molecule has 0 unspecified atom stereocenters. The van der Waals surface area contributed by atoms with Crippen LogP contribution in [0.5, 0.6) is 6.01 Å². The number of nitrogens with zero attached hydrogens (tertiary/aromatic N) is 5. The first-order valence-electron chi connectivity index (χ1n) is 15.9. The van der Waals surface area contributed by atoms with Crippen LogP contribution in [-0.4, -0.2) is 72.7 Å². The maximum atomic E-state index is 16.8. The third-order valence-corrected chi connectivity index (χ3v) is 10.1. The summed E-state index contributed by atoms with van der Waals surface area (Å²) in [6.45, 7) is 6.73. The average Bonchev–Trinajstić information content (AvgIpc) is 3.35. The van der Waals surface area contributed by atoms with Gasteiger partial charge in [-0.05, 0) is 57.0 Å². The Bertz CT molecular complexity index is 1770. The molecular formula is C33H36F7N7O. The summed E-state index contributed by atoms with van der Waals surface area (Å²) in [6.07, 6.45) is -5.75. The number of rotatable bonds is 7. The minimum absolute atomic E-state index is 0.0721. The lowest BCUT2D eigenvalue weighted by molar-refractivity contribution is -0.137. The molecule has 2 bridgehead atoms. The van der Waals surface area contributed by atoms with Gasteiger partial charge in [-0.2, -0.15) is 28.4 Å². The molecule has 3 aromatic rings. The van der Waals surface area contributed by atoms with Crippen molar-refractivity contribution in [3.05, 3.63) is 40.5 Å². The van der Waals surface area contributed by atoms with Crippen LogP contribution >= 0.6 is 0 Å². The summed E-state index contributed by atoms with van der Waals surface area (Å²) >= 11 is 0. The molecule has 0 radical (unpaired) electrons. The molecule has 4 atom stereocenters. The molecule has 8 nitrogen and oxygen atoms in total. The lowest BCUT2D eigenvalue weighted by Crippen LogP contribution is -2.52. The van der Waals surface area contributed by atoms with Gasteiger partial charge in [0, 0.05) is 54.0 Å². The number of aromatic nitrogens is 2. The Labute approximate surface area is 273 Å². The summed E-state index contributed by atoms with van der Waals surface area (Å²) in [5.41, 5.74) is -0.771. The SMILES string of the molecule is CCN1CC[C@H](C(F)F)[C@](C)(COc2nc(N3C[C@H]4CC[C@@H](C3)N4)c3cc(F)c(-c4c(C#N)c(N)cc(C)c4C(F)(F)F)c(F)c3n2)C1. The Hall–Kier alpha value is -3.90. The van der Waals surface area contributed by atoms with Gasteiger partial charge in [-0.3, -0.25) is 0 Å². The number of alkyl halides is 5. The molecule has 0 saturated carbocycles. The molecule has 3 aliphatic rings. The van der Waals surface area contributed by atoms with Crippen molar-refractivity contribution < 1.29 is 35.5 Å². The number of piperazine rings is 1. The van der Waals surface area contributed by atoms with Gasteiger partial charge in [-0.1, -0.05) is 13.8 Å². The fourth-order valence-corrected chi connectivity index (χ4v) is 7.70. The van der Waals surface area contributed by atoms with Crippen molar-refractivity contribution in [2.24, 2.45) is 11.3 Å². The average molecular weight is 680 g/mol. The van der Waals surface area contributed by atoms with Crippen LogP contribution < -0.4 is 20.7 Å². The molecule has 4 heterocycles. The van der Waals surface area contributed by atoms with Gasteiger partial charge in [0.1, 0.15) is 23.2 Å². The number of halogens is 7. The van der Waals surface area contributed by atoms with E-state index in [1.165, 1.54) is 0 Å². The number of piperidine rings is 1. The fraction of sp³-hybridized carbons (Fsp3) is 0.545. The number of aryl methyl sites for hydroxylation is 1. The highest BCUT2D eigenvalue weighted by molar-refractivity contribution is 5.95. The first kappa shape index (κ1) is 34.0. The molecule has 0 aliphatic carbocycles. The van der Waals surface area contributed by atoms with Gasteiger partial charge in [-0.15, -0.1) is 0 Å². The lowest BCUT2D eigenvalue weighted by Gasteiger charge is -2.45. The zero-order chi connectivity index (χ0) is 34.7. The molecule has 0 spiro atoms. The first-order valence-corrected chi connectivity index (χ1v) is 15.9. The highest BCUT2D eigenvalue weighted by atomic mass is 19.4. The van der Waals surface area contributed by atoms with Crippen molar-refractivity contribution in [2.75, 3.05) is 50.0 Å². The number of anilines is 2. The summed E-state index contributed by atoms with van der Waals surface area (Å²) in [5, 5.41) is 13.2. The predicted octanol–water partition coefficient (Wildman–Crippen LogP) is 6.29. The molecule has 6 rings (SSSR count). The van der Waals surface area contributed by atoms with Gasteiger partial charge in [0.05, 0.1) is 29.0 Å². The van der Waals surface area contributed by atoms with Gasteiger partial charge in [0.15, 0.2) is 5.82 Å². The van der Waals surface area contributed by atoms with Crippen LogP contribution in [0.4, 0.5) is 42.2 Å². The molecule has 3 fully saturated rings. The van der Waals surface area contributed by atoms with E-state index in [9.17, 15) is 27.2 Å². The van der Waals surface area contributed by atoms with Gasteiger partial charge in [0.25, 0.3) is 0 Å². The minimum atomic E-state index is -5.10. The van der Waals surface area contributed by atoms with E-state index in [2.05, 4.69) is 15.3 Å². The molecule has 1 aromatic heterocycles. The number of nitrogens with two attached hydrogens (primary N) is 1. The Morgan fingerprint density at radius 2 is 1.81 bits per heavy atom. The highest BCUT2D eigenvalue weighted by Gasteiger charge is 2.45. The third-order valence-electron chi connectivity index (χ3n) is 10.1. The lowest BCUT2D eigenvalue weighted by atomic mass is 9.73. The zero-order valence-corrected chi connectivity index (χ0v) is 26.7. The molecule has 15 heteroatoms. The second-order valence-electron chi connectivity index (χ2n) is 13.4. The minimum Gasteiger partial charge on any atom is -0.463 e. The highest BCUT2D eigenvalue weighted by Crippen LogP contribution is 2.47. The van der Waals surface area contributed by atoms with Crippen LogP contribution in [0.2, 0.25) is 0 Å². The molecule has 3 N–H and O–H groups in total. The molecule has 0 amide bonds. The van der Waals surface area contributed by atoms with Crippen molar-refractivity contribution in [1.82, 2.24) is 20.2 Å². The smallest absolute Gasteiger partial charge is 0.417 e. The molecule has 258 valence electrons. The number of benzene rings is 2. The van der Waals surface area contributed by atoms with Crippen LogP contribution in [0.3, 0.4) is 0 Å². The number of nitrogens with one attached hydrogen (secondary N) is 1. The number of fused-ring (bicyclic) bond motifs is 3. The largest absolute Gasteiger partial charge is 0.463 e. The van der Waals surface area contributed by atoms with E-state index >= 15 is 8.78 Å². The van der Waals surface area contributed by atoms with Crippen molar-refractivity contribution in [3.8, 4) is 23.2 Å². The summed E-state index contributed by atoms with van der Waals surface area (Å²) < 4.78 is 110. The normalized spacial score (nSPS) is 24.8. The van der Waals surface area contributed by atoms with E-state index in [0.717, 1.165) is 31.9 Å². The van der Waals surface area contributed by atoms with Gasteiger partial charge < -0.3 is 25.6 Å². The van der Waals surface area contributed by atoms with E-state index in [0.29, 0.717) is 32.7 Å². The molecule has 48 heavy (non-hydrogen) atoms. The van der Waals surface area contributed by atoms with E-state index in [1.54, 1.807) is 13.0 Å². The van der Waals surface area contributed by atoms with E-state index in [1.807, 2.05) is 16.7 Å². The fourth-order valence-electron chi connectivity index (χ4n) is 7.70. The summed E-state index contributed by atoms with van der Waals surface area (Å²) in [4.78, 5) is 12.6. The topological polar surface area (TPSA) is 103 Å². The molecule has 3 saturated heterocycles. The van der Waals surface area contributed by atoms with Gasteiger partial charge in [-0.25, -0.2) is 17.6 Å². The van der Waals surface area contributed by atoms with Crippen molar-refractivity contribution >= 4 is 22.4 Å². The predicted molar refractivity (Wildman–Crippen MR) is 166 cm³/mol. The number of nitrogen functional groups attached to an aromatic ring is 1. The van der Waals surface area contributed by atoms with Crippen LogP contribution in [0.1, 0.15) is 49.8 Å². The van der Waals surface area contributed by atoms with Crippen molar-refractivity contribution in [3.63, 3.8) is 0 Å². The monoisotopic (exact) mass is 679 g/mol. The van der Waals surface area contributed by atoms with Crippen molar-refractivity contribution in [1.29, 1.82) is 5.26 Å². The van der Waals surface area contributed by atoms with Crippen LogP contribution in [0.25, 0.3) is 22.0 Å². The van der Waals surface area contributed by atoms with E-state index < -0.39 is 68.9 Å². The van der Waals surface area contributed by atoms with Gasteiger partial charge in [0.2, 0.25) is 6.43 Å². The number of hydrogen-bond acceptors (Lipinski definition) is 8. The molecular weight excluding hydrogens is 643 g/mol. The number of nitriles is 1. The standard InChI is InChI=1S/C33H36F7N7O/c1-4-46-8-7-21(29(36)37)32(3,14-46)15-48-31-44-28-19(30(45-31)47-12-17-5-6-18(13-47)43-17)10-22(34)25(27(28)35)24-20(11-41)23(42)9-16(2)26(24)33(38,39)40/h9-10,17-18,21,29,43H,4-8,12-15,42H2,1-3H3/t17-,18+,21-,32+/m1/s1. The zero-order valence-electron chi connectivity index (χ0n) is 26.7. The Morgan fingerprint density at radius 1 is 1.12 bits per heavy atom. The molecule has 2 aromatic carbocycles. The van der Waals surface area contributed by atoms with E-state index in [4.69, 9.17) is 10.5 Å². The van der Waals surface area contributed by atoms with E-state index in [-0.39, 0.29) is 48.0 Å². The summed E-state index contributed by atoms with van der Waals surface area (Å²) in [7, 11) is 0. The van der Waals surface area contributed by atoms with Crippen LogP contribution in [-0.2, 0) is 6.18 Å². The first-order chi connectivity index (χ1) is 22.6. The third kappa shape index (κ3) is 5.97. The Balaban J connectivity index is 1.54. The Morgan fingerprint density at radius 3 is 2.42 bits per heavy atom. The number of likely N-dealkylation sites (tertiary alicyclic amines) is 1. The quantitative estimate of drug-likeness (QED) is 0.222. The summed E-state index contributed by atoms with van der Waals surface area (Å²) in [6, 6.07) is 3.14. The van der Waals surface area contributed by atoms with Gasteiger partial charge >= 0.3 is 12.2 Å². The van der Waals surface area contributed by atoms with Crippen LogP contribution in [0, 0.1) is 41.2 Å². The Kier molecular flexibility index (Phi) is 8.87. The van der Waals surface area contributed by atoms with Crippen LogP contribution in [0.15, 0.2) is 12.1 Å². The maximum Gasteiger partial charge on any atom is 0.417 e. The number of hydrogen-bond donors (Lipinski definition) is 2. The second kappa shape index (κ2) is 12.5. The molecule has 3 aliphatic heterocycles. The van der Waals surface area contributed by atoms with Crippen molar-refractivity contribution in [2.45, 2.75) is 64.7 Å². The second-order valence-corrected chi connectivity index (χ2v) is 13.4.